The molecule has 1 unspecified atom stereocenters. The van der Waals surface area contributed by atoms with Crippen LogP contribution in [0.15, 0.2) is 18.3 Å². The van der Waals surface area contributed by atoms with Crippen molar-refractivity contribution in [2.24, 2.45) is 0 Å². The summed E-state index contributed by atoms with van der Waals surface area (Å²) in [7, 11) is 0. The molecule has 0 fully saturated rings. The molecule has 0 saturated heterocycles. The topological polar surface area (TPSA) is 50.2 Å². The first-order valence-electron chi connectivity index (χ1n) is 2.86. The molecular formula is C6H6FNO2S. The first-order valence-corrected chi connectivity index (χ1v) is 4.14. The Morgan fingerprint density at radius 1 is 1.64 bits per heavy atom. The summed E-state index contributed by atoms with van der Waals surface area (Å²) in [5.74, 6) is -0.502. The van der Waals surface area contributed by atoms with Crippen molar-refractivity contribution in [1.29, 1.82) is 0 Å². The molecule has 1 N–H and O–H groups in total. The van der Waals surface area contributed by atoms with Crippen LogP contribution in [0, 0.1) is 5.82 Å². The molecule has 0 aliphatic heterocycles. The van der Waals surface area contributed by atoms with Gasteiger partial charge in [-0.15, -0.1) is 0 Å². The summed E-state index contributed by atoms with van der Waals surface area (Å²) in [5, 5.41) is 0. The van der Waals surface area contributed by atoms with Crippen molar-refractivity contribution >= 4 is 11.1 Å². The van der Waals surface area contributed by atoms with Gasteiger partial charge >= 0.3 is 0 Å². The number of halogens is 1. The van der Waals surface area contributed by atoms with Crippen LogP contribution < -0.4 is 0 Å². The van der Waals surface area contributed by atoms with Gasteiger partial charge in [-0.05, 0) is 12.1 Å². The Kier molecular flexibility index (Phi) is 2.67. The number of pyridine rings is 1. The Bertz CT molecular complexity index is 262. The predicted octanol–water partition coefficient (Wildman–Crippen LogP) is 0.942. The van der Waals surface area contributed by atoms with Gasteiger partial charge in [-0.2, -0.15) is 0 Å². The summed E-state index contributed by atoms with van der Waals surface area (Å²) < 4.78 is 30.9. The Labute approximate surface area is 65.6 Å². The van der Waals surface area contributed by atoms with E-state index in [2.05, 4.69) is 4.98 Å². The highest BCUT2D eigenvalue weighted by Crippen LogP contribution is 1.99. The summed E-state index contributed by atoms with van der Waals surface area (Å²) >= 11 is -1.91. The summed E-state index contributed by atoms with van der Waals surface area (Å²) in [6, 6.07) is 2.58. The van der Waals surface area contributed by atoms with E-state index in [1.807, 2.05) is 0 Å². The predicted molar refractivity (Wildman–Crippen MR) is 38.7 cm³/mol. The second-order valence-corrected chi connectivity index (χ2v) is 2.87. The van der Waals surface area contributed by atoms with Crippen LogP contribution in [0.3, 0.4) is 0 Å². The lowest BCUT2D eigenvalue weighted by Gasteiger charge is -1.94. The third-order valence-electron chi connectivity index (χ3n) is 1.06. The molecule has 0 bridgehead atoms. The molecule has 5 heteroatoms. The highest BCUT2D eigenvalue weighted by molar-refractivity contribution is 7.78. The van der Waals surface area contributed by atoms with Gasteiger partial charge in [-0.3, -0.25) is 4.98 Å². The molecule has 0 radical (unpaired) electrons. The van der Waals surface area contributed by atoms with Crippen molar-refractivity contribution in [2.45, 2.75) is 5.75 Å². The molecule has 0 aliphatic rings. The zero-order chi connectivity index (χ0) is 8.27. The lowest BCUT2D eigenvalue weighted by atomic mass is 10.4. The van der Waals surface area contributed by atoms with Crippen LogP contribution in [0.5, 0.6) is 0 Å². The molecule has 1 aromatic heterocycles. The summed E-state index contributed by atoms with van der Waals surface area (Å²) in [6.07, 6.45) is 1.02. The third kappa shape index (κ3) is 2.73. The van der Waals surface area contributed by atoms with E-state index < -0.39 is 16.9 Å². The zero-order valence-electron chi connectivity index (χ0n) is 5.53. The maximum absolute atomic E-state index is 12.2. The normalized spacial score (nSPS) is 12.9. The minimum Gasteiger partial charge on any atom is -0.306 e. The molecule has 0 spiro atoms. The van der Waals surface area contributed by atoms with Gasteiger partial charge < -0.3 is 4.55 Å². The van der Waals surface area contributed by atoms with E-state index in [1.54, 1.807) is 0 Å². The SMILES string of the molecule is O=S(O)Cc1ccc(F)cn1. The molecule has 0 saturated carbocycles. The Hall–Kier alpha value is -0.810. The second kappa shape index (κ2) is 3.54. The largest absolute Gasteiger partial charge is 0.306 e. The monoisotopic (exact) mass is 175 g/mol. The summed E-state index contributed by atoms with van der Waals surface area (Å²) in [4.78, 5) is 3.59. The van der Waals surface area contributed by atoms with Gasteiger partial charge in [0.25, 0.3) is 0 Å². The maximum atomic E-state index is 12.2. The van der Waals surface area contributed by atoms with Gasteiger partial charge in [-0.25, -0.2) is 8.60 Å². The molecular weight excluding hydrogens is 169 g/mol. The van der Waals surface area contributed by atoms with Gasteiger partial charge in [-0.1, -0.05) is 0 Å². The van der Waals surface area contributed by atoms with Crippen molar-refractivity contribution in [1.82, 2.24) is 4.98 Å². The van der Waals surface area contributed by atoms with Crippen molar-refractivity contribution < 1.29 is 13.2 Å². The average Bonchev–Trinajstić information content (AvgIpc) is 1.93. The molecule has 1 aromatic rings. The van der Waals surface area contributed by atoms with Crippen molar-refractivity contribution in [2.75, 3.05) is 0 Å². The standard InChI is InChI=1S/C6H6FNO2S/c7-5-1-2-6(8-3-5)4-11(9)10/h1-3H,4H2,(H,9,10). The zero-order valence-corrected chi connectivity index (χ0v) is 6.34. The number of nitrogens with zero attached hydrogens (tertiary/aromatic N) is 1. The lowest BCUT2D eigenvalue weighted by Crippen LogP contribution is -1.95. The number of rotatable bonds is 2. The average molecular weight is 175 g/mol. The van der Waals surface area contributed by atoms with E-state index >= 15 is 0 Å². The molecule has 11 heavy (non-hydrogen) atoms. The van der Waals surface area contributed by atoms with E-state index in [0.29, 0.717) is 5.69 Å². The Morgan fingerprint density at radius 2 is 2.36 bits per heavy atom. The highest BCUT2D eigenvalue weighted by atomic mass is 32.2. The van der Waals surface area contributed by atoms with Crippen molar-refractivity contribution in [3.8, 4) is 0 Å². The van der Waals surface area contributed by atoms with Gasteiger partial charge in [0.15, 0.2) is 11.1 Å². The van der Waals surface area contributed by atoms with Gasteiger partial charge in [0.05, 0.1) is 17.6 Å². The molecule has 3 nitrogen and oxygen atoms in total. The smallest absolute Gasteiger partial charge is 0.158 e. The van der Waals surface area contributed by atoms with Crippen molar-refractivity contribution in [3.63, 3.8) is 0 Å². The summed E-state index contributed by atoms with van der Waals surface area (Å²) in [6.45, 7) is 0. The fourth-order valence-corrected chi connectivity index (χ4v) is 1.04. The quantitative estimate of drug-likeness (QED) is 0.680. The maximum Gasteiger partial charge on any atom is 0.158 e. The fraction of sp³-hybridized carbons (Fsp3) is 0.167. The Balaban J connectivity index is 2.74. The van der Waals surface area contributed by atoms with Crippen LogP contribution in [-0.4, -0.2) is 13.7 Å². The van der Waals surface area contributed by atoms with Gasteiger partial charge in [0, 0.05) is 0 Å². The fourth-order valence-electron chi connectivity index (χ4n) is 0.618. The van der Waals surface area contributed by atoms with Gasteiger partial charge in [0.2, 0.25) is 0 Å². The molecule has 60 valence electrons. The lowest BCUT2D eigenvalue weighted by molar-refractivity contribution is 0.562. The molecule has 1 rings (SSSR count). The van der Waals surface area contributed by atoms with Gasteiger partial charge in [0.1, 0.15) is 5.82 Å². The van der Waals surface area contributed by atoms with E-state index in [1.165, 1.54) is 12.1 Å². The van der Waals surface area contributed by atoms with Crippen LogP contribution in [-0.2, 0) is 16.8 Å². The molecule has 0 amide bonds. The van der Waals surface area contributed by atoms with Crippen LogP contribution in [0.4, 0.5) is 4.39 Å². The van der Waals surface area contributed by atoms with Crippen LogP contribution in [0.25, 0.3) is 0 Å². The van der Waals surface area contributed by atoms with E-state index in [9.17, 15) is 8.60 Å². The minimum absolute atomic E-state index is 0.0553. The minimum atomic E-state index is -1.91. The molecule has 0 aliphatic carbocycles. The number of aromatic nitrogens is 1. The molecule has 1 atom stereocenters. The number of hydrogen-bond donors (Lipinski definition) is 1. The highest BCUT2D eigenvalue weighted by Gasteiger charge is 1.98. The second-order valence-electron chi connectivity index (χ2n) is 1.93. The Morgan fingerprint density at radius 3 is 2.82 bits per heavy atom. The van der Waals surface area contributed by atoms with Crippen LogP contribution in [0.2, 0.25) is 0 Å². The molecule has 1 heterocycles. The van der Waals surface area contributed by atoms with Crippen LogP contribution in [0.1, 0.15) is 5.69 Å². The van der Waals surface area contributed by atoms with E-state index in [-0.39, 0.29) is 5.75 Å². The molecule has 0 aromatic carbocycles. The van der Waals surface area contributed by atoms with Crippen LogP contribution >= 0.6 is 0 Å². The van der Waals surface area contributed by atoms with Crippen molar-refractivity contribution in [3.05, 3.63) is 29.8 Å². The first-order chi connectivity index (χ1) is 5.18. The number of hydrogen-bond acceptors (Lipinski definition) is 2. The van der Waals surface area contributed by atoms with E-state index in [4.69, 9.17) is 4.55 Å². The van der Waals surface area contributed by atoms with E-state index in [0.717, 1.165) is 6.20 Å². The summed E-state index contributed by atoms with van der Waals surface area (Å²) in [5.41, 5.74) is 0.409. The first kappa shape index (κ1) is 8.29. The third-order valence-corrected chi connectivity index (χ3v) is 1.60.